The highest BCUT2D eigenvalue weighted by atomic mass is 16.3. The molecule has 0 aliphatic heterocycles. The molecule has 0 saturated carbocycles. The van der Waals surface area contributed by atoms with Gasteiger partial charge in [-0.1, -0.05) is 43.7 Å². The molecule has 0 amide bonds. The molecule has 0 heterocycles. The van der Waals surface area contributed by atoms with Crippen molar-refractivity contribution in [1.82, 2.24) is 4.90 Å². The molecular weight excluding hydrogens is 236 g/mol. The van der Waals surface area contributed by atoms with Gasteiger partial charge in [-0.05, 0) is 25.3 Å². The first-order valence-electron chi connectivity index (χ1n) is 7.31. The topological polar surface area (TPSA) is 49.5 Å². The van der Waals surface area contributed by atoms with Gasteiger partial charge in [0.2, 0.25) is 0 Å². The largest absolute Gasteiger partial charge is 0.395 e. The van der Waals surface area contributed by atoms with E-state index in [1.54, 1.807) is 0 Å². The van der Waals surface area contributed by atoms with E-state index < -0.39 is 0 Å². The molecule has 3 heteroatoms. The van der Waals surface area contributed by atoms with E-state index in [-0.39, 0.29) is 12.6 Å². The molecule has 1 aromatic rings. The number of hydrogen-bond donors (Lipinski definition) is 2. The first-order chi connectivity index (χ1) is 9.17. The third-order valence-corrected chi connectivity index (χ3v) is 3.82. The highest BCUT2D eigenvalue weighted by molar-refractivity contribution is 5.25. The predicted molar refractivity (Wildman–Crippen MR) is 81.1 cm³/mol. The molecule has 0 bridgehead atoms. The van der Waals surface area contributed by atoms with E-state index in [0.29, 0.717) is 19.1 Å². The summed E-state index contributed by atoms with van der Waals surface area (Å²) in [5.41, 5.74) is 8.52. The minimum Gasteiger partial charge on any atom is -0.395 e. The molecule has 0 saturated heterocycles. The van der Waals surface area contributed by atoms with Gasteiger partial charge >= 0.3 is 0 Å². The Labute approximate surface area is 117 Å². The number of benzene rings is 1. The molecule has 1 atom stereocenters. The molecule has 0 spiro atoms. The van der Waals surface area contributed by atoms with E-state index in [9.17, 15) is 5.11 Å². The third-order valence-electron chi connectivity index (χ3n) is 3.82. The number of aliphatic hydroxyl groups is 1. The van der Waals surface area contributed by atoms with Crippen molar-refractivity contribution in [2.75, 3.05) is 19.7 Å². The number of aliphatic hydroxyl groups excluding tert-OH is 1. The van der Waals surface area contributed by atoms with Crippen molar-refractivity contribution >= 4 is 0 Å². The van der Waals surface area contributed by atoms with Crippen LogP contribution >= 0.6 is 0 Å². The Morgan fingerprint density at radius 2 is 1.95 bits per heavy atom. The maximum absolute atomic E-state index is 9.34. The average Bonchev–Trinajstić information content (AvgIpc) is 2.41. The Morgan fingerprint density at radius 1 is 1.26 bits per heavy atom. The van der Waals surface area contributed by atoms with Crippen LogP contribution in [0.5, 0.6) is 0 Å². The van der Waals surface area contributed by atoms with Crippen LogP contribution in [0.1, 0.15) is 43.9 Å². The highest BCUT2D eigenvalue weighted by Gasteiger charge is 2.24. The summed E-state index contributed by atoms with van der Waals surface area (Å²) >= 11 is 0. The van der Waals surface area contributed by atoms with Crippen LogP contribution in [-0.2, 0) is 0 Å². The maximum Gasteiger partial charge on any atom is 0.0558 e. The van der Waals surface area contributed by atoms with Gasteiger partial charge in [-0.15, -0.1) is 0 Å². The Balaban J connectivity index is 3.01. The Hall–Kier alpha value is -0.900. The van der Waals surface area contributed by atoms with Gasteiger partial charge in [-0.25, -0.2) is 0 Å². The predicted octanol–water partition coefficient (Wildman–Crippen LogP) is 2.48. The van der Waals surface area contributed by atoms with Crippen molar-refractivity contribution in [2.45, 2.75) is 45.7 Å². The number of rotatable bonds is 8. The normalized spacial score (nSPS) is 13.2. The van der Waals surface area contributed by atoms with E-state index in [2.05, 4.69) is 49.9 Å². The summed E-state index contributed by atoms with van der Waals surface area (Å²) in [5.74, 6) is 0. The van der Waals surface area contributed by atoms with Gasteiger partial charge in [0.15, 0.2) is 0 Å². The number of nitrogens with two attached hydrogens (primary N) is 1. The number of nitrogens with zero attached hydrogens (tertiary/aromatic N) is 1. The minimum absolute atomic E-state index is 0.179. The lowest BCUT2D eigenvalue weighted by molar-refractivity contribution is 0.0995. The molecule has 0 aliphatic carbocycles. The second kappa shape index (κ2) is 8.31. The smallest absolute Gasteiger partial charge is 0.0558 e. The van der Waals surface area contributed by atoms with Crippen molar-refractivity contribution in [3.63, 3.8) is 0 Å². The summed E-state index contributed by atoms with van der Waals surface area (Å²) in [4.78, 5) is 2.36. The third kappa shape index (κ3) is 4.30. The number of aryl methyl sites for hydroxylation is 1. The fraction of sp³-hybridized carbons (Fsp3) is 0.625. The lowest BCUT2D eigenvalue weighted by atomic mass is 9.99. The molecule has 3 nitrogen and oxygen atoms in total. The fourth-order valence-electron chi connectivity index (χ4n) is 2.81. The van der Waals surface area contributed by atoms with Crippen LogP contribution in [-0.4, -0.2) is 35.7 Å². The summed E-state index contributed by atoms with van der Waals surface area (Å²) < 4.78 is 0. The zero-order valence-corrected chi connectivity index (χ0v) is 12.5. The minimum atomic E-state index is 0.179. The Bertz CT molecular complexity index is 364. The molecule has 0 aromatic heterocycles. The summed E-state index contributed by atoms with van der Waals surface area (Å²) in [6.45, 7) is 7.94. The molecular formula is C16H28N2O. The average molecular weight is 264 g/mol. The van der Waals surface area contributed by atoms with Crippen molar-refractivity contribution in [3.8, 4) is 0 Å². The van der Waals surface area contributed by atoms with Crippen molar-refractivity contribution in [2.24, 2.45) is 5.73 Å². The van der Waals surface area contributed by atoms with E-state index in [1.807, 2.05) is 0 Å². The maximum atomic E-state index is 9.34. The van der Waals surface area contributed by atoms with Crippen molar-refractivity contribution < 1.29 is 5.11 Å². The molecule has 0 fully saturated rings. The lowest BCUT2D eigenvalue weighted by Crippen LogP contribution is -2.42. The second-order valence-electron chi connectivity index (χ2n) is 5.10. The van der Waals surface area contributed by atoms with Crippen LogP contribution in [0.4, 0.5) is 0 Å². The van der Waals surface area contributed by atoms with Gasteiger partial charge in [0.25, 0.3) is 0 Å². The SMILES string of the molecule is CCC(CC)N(CCO)C(CN)c1cccc(C)c1. The fourth-order valence-corrected chi connectivity index (χ4v) is 2.81. The zero-order valence-electron chi connectivity index (χ0n) is 12.5. The van der Waals surface area contributed by atoms with Crippen LogP contribution < -0.4 is 5.73 Å². The lowest BCUT2D eigenvalue weighted by Gasteiger charge is -2.37. The van der Waals surface area contributed by atoms with Gasteiger partial charge in [0.1, 0.15) is 0 Å². The molecule has 1 rings (SSSR count). The molecule has 0 radical (unpaired) electrons. The second-order valence-corrected chi connectivity index (χ2v) is 5.10. The van der Waals surface area contributed by atoms with E-state index in [4.69, 9.17) is 5.73 Å². The summed E-state index contributed by atoms with van der Waals surface area (Å²) in [7, 11) is 0. The van der Waals surface area contributed by atoms with Crippen LogP contribution in [0.3, 0.4) is 0 Å². The zero-order chi connectivity index (χ0) is 14.3. The van der Waals surface area contributed by atoms with Gasteiger partial charge in [-0.2, -0.15) is 0 Å². The van der Waals surface area contributed by atoms with Gasteiger partial charge in [0, 0.05) is 25.2 Å². The monoisotopic (exact) mass is 264 g/mol. The molecule has 19 heavy (non-hydrogen) atoms. The van der Waals surface area contributed by atoms with Crippen LogP contribution in [0, 0.1) is 6.92 Å². The first-order valence-corrected chi connectivity index (χ1v) is 7.31. The molecule has 3 N–H and O–H groups in total. The van der Waals surface area contributed by atoms with Gasteiger partial charge in [0.05, 0.1) is 6.61 Å². The Kier molecular flexibility index (Phi) is 7.06. The first kappa shape index (κ1) is 16.2. The van der Waals surface area contributed by atoms with Crippen LogP contribution in [0.25, 0.3) is 0 Å². The van der Waals surface area contributed by atoms with E-state index in [1.165, 1.54) is 11.1 Å². The van der Waals surface area contributed by atoms with E-state index >= 15 is 0 Å². The molecule has 1 aromatic carbocycles. The quantitative estimate of drug-likeness (QED) is 0.758. The highest BCUT2D eigenvalue weighted by Crippen LogP contribution is 2.25. The van der Waals surface area contributed by atoms with Crippen LogP contribution in [0.2, 0.25) is 0 Å². The molecule has 1 unspecified atom stereocenters. The van der Waals surface area contributed by atoms with Crippen molar-refractivity contribution in [1.29, 1.82) is 0 Å². The number of hydrogen-bond acceptors (Lipinski definition) is 3. The molecule has 0 aliphatic rings. The molecule has 108 valence electrons. The summed E-state index contributed by atoms with van der Waals surface area (Å²) in [5, 5.41) is 9.34. The van der Waals surface area contributed by atoms with Crippen LogP contribution in [0.15, 0.2) is 24.3 Å². The Morgan fingerprint density at radius 3 is 2.42 bits per heavy atom. The van der Waals surface area contributed by atoms with Gasteiger partial charge in [-0.3, -0.25) is 4.90 Å². The van der Waals surface area contributed by atoms with Gasteiger partial charge < -0.3 is 10.8 Å². The summed E-state index contributed by atoms with van der Waals surface area (Å²) in [6.07, 6.45) is 2.16. The standard InChI is InChI=1S/C16H28N2O/c1-4-15(5-2)18(9-10-19)16(12-17)14-8-6-7-13(3)11-14/h6-8,11,15-16,19H,4-5,9-10,12,17H2,1-3H3. The van der Waals surface area contributed by atoms with E-state index in [0.717, 1.165) is 12.8 Å². The summed E-state index contributed by atoms with van der Waals surface area (Å²) in [6, 6.07) is 9.18. The van der Waals surface area contributed by atoms with Crippen molar-refractivity contribution in [3.05, 3.63) is 35.4 Å².